The summed E-state index contributed by atoms with van der Waals surface area (Å²) in [7, 11) is -37.3. The zero-order chi connectivity index (χ0) is 96.7. The van der Waals surface area contributed by atoms with E-state index in [2.05, 4.69) is 36.2 Å². The molecule has 131 heavy (non-hydrogen) atoms. The molecule has 0 amide bonds. The van der Waals surface area contributed by atoms with Crippen molar-refractivity contribution in [2.75, 3.05) is 31.3 Å². The SMILES string of the molecule is CS(=O)(=O)c1cc(-c2ccc(F)cc2)cc(S(=O)(=O)c2ccc(CN)s2)c1.CS(=O)(=O)c1cc(-c2ccsc2)cc(S(=O)(=O)c2ccc(CN)s2)c1.C[Si](C)(C)C#Cc1cc(S(C)(=O)=O)cc(S(=O)(=O)c2ccc(CN)s2)c1.Cc1ccc(-c2cc(S(C)(=O)=O)cc(S(=O)(=O)c3ccc(CN)s3)c2)cc1.Cn1cc(-c2cc(S(C)(=O)=O)cc(S(=O)(=O)c3ccc(CN)s3)c2)cn1. The zero-order valence-corrected chi connectivity index (χ0v) is 85.4. The first-order valence-corrected chi connectivity index (χ1v) is 63.6. The molecule has 0 aliphatic carbocycles. The molecule has 694 valence electrons. The van der Waals surface area contributed by atoms with Crippen LogP contribution in [-0.2, 0) is 138 Å². The molecule has 14 rings (SSSR count). The van der Waals surface area contributed by atoms with E-state index in [0.717, 1.165) is 130 Å². The Morgan fingerprint density at radius 2 is 0.588 bits per heavy atom. The van der Waals surface area contributed by atoms with Crippen molar-refractivity contribution in [1.29, 1.82) is 0 Å². The summed E-state index contributed by atoms with van der Waals surface area (Å²) in [6.45, 7) is 9.31. The Kier molecular flexibility index (Phi) is 32.9. The van der Waals surface area contributed by atoms with E-state index in [1.54, 1.807) is 54.5 Å². The minimum Gasteiger partial charge on any atom is -0.326 e. The van der Waals surface area contributed by atoms with Crippen molar-refractivity contribution in [1.82, 2.24) is 9.78 Å². The largest absolute Gasteiger partial charge is 0.326 e. The predicted octanol–water partition coefficient (Wildman–Crippen LogP) is 14.4. The zero-order valence-electron chi connectivity index (χ0n) is 71.3. The van der Waals surface area contributed by atoms with Crippen molar-refractivity contribution in [2.45, 2.75) is 129 Å². The van der Waals surface area contributed by atoms with Crippen LogP contribution in [0, 0.1) is 24.2 Å². The minimum atomic E-state index is -3.93. The second-order valence-electron chi connectivity index (χ2n) is 30.3. The third-order valence-electron chi connectivity index (χ3n) is 18.6. The van der Waals surface area contributed by atoms with E-state index in [1.165, 1.54) is 151 Å². The predicted molar refractivity (Wildman–Crippen MR) is 517 cm³/mol. The topological polar surface area (TPSA) is 489 Å². The summed E-state index contributed by atoms with van der Waals surface area (Å²) in [5.41, 5.74) is 36.9. The Balaban J connectivity index is 0.000000170. The van der Waals surface area contributed by atoms with Gasteiger partial charge in [0.2, 0.25) is 49.2 Å². The van der Waals surface area contributed by atoms with Gasteiger partial charge in [0.05, 0.1) is 55.2 Å². The number of sulfone groups is 10. The molecule has 0 atom stereocenters. The number of hydrogen-bond donors (Lipinski definition) is 5. The normalized spacial score (nSPS) is 12.4. The van der Waals surface area contributed by atoms with Gasteiger partial charge in [-0.15, -0.1) is 62.2 Å². The molecular weight excluding hydrogens is 2010 g/mol. The maximum atomic E-state index is 13.2. The summed E-state index contributed by atoms with van der Waals surface area (Å²) in [6.07, 6.45) is 8.47. The van der Waals surface area contributed by atoms with Crippen LogP contribution in [0.5, 0.6) is 0 Å². The molecule has 0 unspecified atom stereocenters. The van der Waals surface area contributed by atoms with E-state index in [9.17, 15) is 88.6 Å². The monoisotopic (exact) mass is 2100 g/mol. The van der Waals surface area contributed by atoms with Crippen LogP contribution in [0.3, 0.4) is 0 Å². The Labute approximate surface area is 787 Å². The summed E-state index contributed by atoms with van der Waals surface area (Å²) < 4.78 is 266. The highest BCUT2D eigenvalue weighted by molar-refractivity contribution is 7.96. The molecule has 45 heteroatoms. The van der Waals surface area contributed by atoms with Crippen molar-refractivity contribution in [3.8, 4) is 56.0 Å². The lowest BCUT2D eigenvalue weighted by atomic mass is 10.0. The van der Waals surface area contributed by atoms with Crippen molar-refractivity contribution < 1.29 is 88.6 Å². The van der Waals surface area contributed by atoms with Gasteiger partial charge in [0, 0.05) is 113 Å². The quantitative estimate of drug-likeness (QED) is 0.0277. The van der Waals surface area contributed by atoms with Gasteiger partial charge >= 0.3 is 0 Å². The first-order chi connectivity index (χ1) is 60.9. The highest BCUT2D eigenvalue weighted by Gasteiger charge is 2.30. The van der Waals surface area contributed by atoms with Crippen LogP contribution in [0.25, 0.3) is 44.5 Å². The maximum Gasteiger partial charge on any atom is 0.216 e. The van der Waals surface area contributed by atoms with E-state index in [4.69, 9.17) is 28.7 Å². The molecule has 14 aromatic rings. The molecule has 0 aliphatic rings. The van der Waals surface area contributed by atoms with Gasteiger partial charge in [0.15, 0.2) is 49.2 Å². The number of rotatable bonds is 24. The smallest absolute Gasteiger partial charge is 0.216 e. The molecule has 0 aliphatic heterocycles. The second kappa shape index (κ2) is 41.4. The first kappa shape index (κ1) is 104. The van der Waals surface area contributed by atoms with E-state index >= 15 is 0 Å². The van der Waals surface area contributed by atoms with E-state index in [1.807, 2.05) is 48.0 Å². The second-order valence-corrected chi connectivity index (χ2v) is 62.6. The molecule has 10 N–H and O–H groups in total. The van der Waals surface area contributed by atoms with Gasteiger partial charge in [-0.05, 0) is 226 Å². The molecule has 0 fully saturated rings. The summed E-state index contributed by atoms with van der Waals surface area (Å²) in [6, 6.07) is 50.8. The van der Waals surface area contributed by atoms with Gasteiger partial charge < -0.3 is 28.7 Å². The molecule has 0 radical (unpaired) electrons. The Bertz CT molecular complexity index is 7760. The Hall–Kier alpha value is -9.04. The van der Waals surface area contributed by atoms with Gasteiger partial charge in [0.1, 0.15) is 34.9 Å². The Morgan fingerprint density at radius 3 is 0.840 bits per heavy atom. The molecule has 7 aromatic carbocycles. The molecular formula is C86H88FN7O20S16Si. The molecule has 0 spiro atoms. The molecule has 27 nitrogen and oxygen atoms in total. The lowest BCUT2D eigenvalue weighted by Crippen LogP contribution is -2.16. The molecule has 0 saturated carbocycles. The third kappa shape index (κ3) is 26.5. The van der Waals surface area contributed by atoms with Crippen LogP contribution < -0.4 is 28.7 Å². The third-order valence-corrected chi connectivity index (χ3v) is 42.3. The number of halogens is 1. The fourth-order valence-corrected chi connectivity index (χ4v) is 30.2. The average Bonchev–Trinajstić information content (AvgIpc) is 1.77. The van der Waals surface area contributed by atoms with Crippen LogP contribution in [0.2, 0.25) is 19.6 Å². The van der Waals surface area contributed by atoms with Crippen LogP contribution in [0.4, 0.5) is 4.39 Å². The van der Waals surface area contributed by atoms with Gasteiger partial charge in [-0.2, -0.15) is 16.4 Å². The molecule has 0 bridgehead atoms. The summed E-state index contributed by atoms with van der Waals surface area (Å²) in [5.74, 6) is 2.50. The van der Waals surface area contributed by atoms with Crippen LogP contribution in [0.1, 0.15) is 35.5 Å². The van der Waals surface area contributed by atoms with Crippen molar-refractivity contribution in [3.05, 3.63) is 271 Å². The summed E-state index contributed by atoms with van der Waals surface area (Å²) >= 11 is 6.83. The molecule has 7 aromatic heterocycles. The van der Waals surface area contributed by atoms with Gasteiger partial charge in [-0.3, -0.25) is 4.68 Å². The van der Waals surface area contributed by atoms with E-state index < -0.39 is 112 Å². The molecule has 0 saturated heterocycles. The number of hydrogen-bond acceptors (Lipinski definition) is 32. The number of aryl methyl sites for hydroxylation is 2. The lowest BCUT2D eigenvalue weighted by Gasteiger charge is -2.10. The first-order valence-electron chi connectivity index (χ1n) is 38.2. The van der Waals surface area contributed by atoms with Crippen molar-refractivity contribution in [3.63, 3.8) is 0 Å². The van der Waals surface area contributed by atoms with Crippen molar-refractivity contribution >= 4 is 174 Å². The maximum absolute atomic E-state index is 13.2. The van der Waals surface area contributed by atoms with Crippen LogP contribution in [0.15, 0.2) is 299 Å². The summed E-state index contributed by atoms with van der Waals surface area (Å²) in [4.78, 5) is 2.96. The Morgan fingerprint density at radius 1 is 0.328 bits per heavy atom. The summed E-state index contributed by atoms with van der Waals surface area (Å²) in [5, 5.41) is 7.75. The lowest BCUT2D eigenvalue weighted by molar-refractivity contribution is 0.594. The number of thiophene rings is 6. The van der Waals surface area contributed by atoms with Gasteiger partial charge in [-0.25, -0.2) is 88.6 Å². The number of aromatic nitrogens is 2. The van der Waals surface area contributed by atoms with E-state index in [0.29, 0.717) is 43.8 Å². The van der Waals surface area contributed by atoms with E-state index in [-0.39, 0.29) is 103 Å². The van der Waals surface area contributed by atoms with Gasteiger partial charge in [-0.1, -0.05) is 67.5 Å². The standard InChI is InChI=1S/C19H19NO4S3.C18H16FNO4S3.C17H21NO4S3Si.C16H17N3O4S3.C16H15NO4S4/c1-13-3-5-14(6-4-13)15-9-17(26(2,21)22)11-18(10-15)27(23,24)19-8-7-16(12-20)25-19;1-26(21,22)16-8-13(12-2-4-14(19)5-3-12)9-17(10-16)27(23,24)18-7-6-15(11-20)25-18;1-24(19,20)15-9-13(7-8-26(2,3)4)10-16(11-15)25(21,22)17-6-5-14(12-18)23-17;1-19-10-12(9-18-19)11-5-14(25(2,20)21)7-15(6-11)26(22,23)16-4-3-13(8-17)24-16;1-24(18,19)14-6-12(11-4-5-22-10-11)7-15(8-14)25(20,21)16-3-2-13(9-17)23-16/h3-11H,12,20H2,1-2H3;2-10H,11,20H2,1H3;5-6,9-11H,12,18H2,1-4H3;3-7,9-10H,8,17H2,1-2H3;2-8,10H,9,17H2,1H3. The minimum absolute atomic E-state index is 0.0228. The van der Waals surface area contributed by atoms with Crippen molar-refractivity contribution in [2.24, 2.45) is 35.7 Å². The van der Waals surface area contributed by atoms with Crippen LogP contribution >= 0.6 is 68.0 Å². The highest BCUT2D eigenvalue weighted by Crippen LogP contribution is 2.40. The fourth-order valence-electron chi connectivity index (χ4n) is 11.7. The van der Waals surface area contributed by atoms with Gasteiger partial charge in [0.25, 0.3) is 0 Å². The average molecular weight is 2100 g/mol. The number of benzene rings is 7. The number of nitrogens with two attached hydrogens (primary N) is 5. The molecule has 7 heterocycles. The van der Waals surface area contributed by atoms with Crippen LogP contribution in [-0.4, -0.2) is 133 Å². The number of nitrogens with zero attached hydrogens (tertiary/aromatic N) is 2. The fraction of sp³-hybridized carbons (Fsp3) is 0.174. The highest BCUT2D eigenvalue weighted by atomic mass is 32.3.